The van der Waals surface area contributed by atoms with Crippen LogP contribution in [0.3, 0.4) is 0 Å². The highest BCUT2D eigenvalue weighted by atomic mass is 16.5. The number of hydrogen-bond acceptors (Lipinski definition) is 2. The lowest BCUT2D eigenvalue weighted by atomic mass is 9.77. The molecule has 0 amide bonds. The molecule has 0 radical (unpaired) electrons. The first-order chi connectivity index (χ1) is 16.7. The molecule has 34 heavy (non-hydrogen) atoms. The monoisotopic (exact) mass is 462 g/mol. The van der Waals surface area contributed by atoms with Crippen molar-refractivity contribution in [3.05, 3.63) is 65.2 Å². The molecule has 0 saturated heterocycles. The number of unbranched alkanes of at least 4 members (excludes halogenated alkanes) is 7. The molecule has 0 aromatic heterocycles. The zero-order valence-corrected chi connectivity index (χ0v) is 21.7. The van der Waals surface area contributed by atoms with Crippen LogP contribution < -0.4 is 4.74 Å². The first-order valence-electron chi connectivity index (χ1n) is 14.1. The predicted octanol–water partition coefficient (Wildman–Crippen LogP) is 9.66. The van der Waals surface area contributed by atoms with Crippen molar-refractivity contribution in [2.75, 3.05) is 0 Å². The lowest BCUT2D eigenvalue weighted by Gasteiger charge is -2.29. The standard InChI is InChI=1S/C32H46O2/c1-3-5-7-9-11-13-26-14-18-28(19-15-26)29-20-22-30(23-21-29)32(33)34-31-24-16-27(17-25-31)12-10-8-6-4-2/h16-17,20-26,28H,3-15,18-19H2,1-2H3. The SMILES string of the molecule is CCCCCCCC1CCC(c2ccc(C(=O)Oc3ccc(CCCCCC)cc3)cc2)CC1. The Balaban J connectivity index is 1.40. The van der Waals surface area contributed by atoms with Gasteiger partial charge in [-0.1, -0.05) is 95.9 Å². The second kappa shape index (κ2) is 15.0. The van der Waals surface area contributed by atoms with E-state index >= 15 is 0 Å². The summed E-state index contributed by atoms with van der Waals surface area (Å²) >= 11 is 0. The Hall–Kier alpha value is -2.09. The van der Waals surface area contributed by atoms with Crippen LogP contribution in [0.1, 0.15) is 131 Å². The van der Waals surface area contributed by atoms with Crippen LogP contribution in [0.5, 0.6) is 5.75 Å². The Bertz CT molecular complexity index is 813. The molecule has 2 aromatic rings. The van der Waals surface area contributed by atoms with Gasteiger partial charge in [0.2, 0.25) is 0 Å². The van der Waals surface area contributed by atoms with E-state index in [-0.39, 0.29) is 5.97 Å². The molecule has 2 heteroatoms. The van der Waals surface area contributed by atoms with E-state index < -0.39 is 0 Å². The molecule has 0 aliphatic heterocycles. The summed E-state index contributed by atoms with van der Waals surface area (Å²) in [4.78, 5) is 12.6. The van der Waals surface area contributed by atoms with Gasteiger partial charge >= 0.3 is 5.97 Å². The fraction of sp³-hybridized carbons (Fsp3) is 0.594. The van der Waals surface area contributed by atoms with Gasteiger partial charge in [-0.15, -0.1) is 0 Å². The fourth-order valence-electron chi connectivity index (χ4n) is 5.36. The van der Waals surface area contributed by atoms with E-state index in [1.165, 1.54) is 101 Å². The van der Waals surface area contributed by atoms with Crippen LogP contribution in [0, 0.1) is 5.92 Å². The van der Waals surface area contributed by atoms with Gasteiger partial charge in [0.1, 0.15) is 5.75 Å². The summed E-state index contributed by atoms with van der Waals surface area (Å²) in [5, 5.41) is 0. The molecular weight excluding hydrogens is 416 g/mol. The maximum Gasteiger partial charge on any atom is 0.343 e. The van der Waals surface area contributed by atoms with Crippen LogP contribution in [-0.2, 0) is 6.42 Å². The summed E-state index contributed by atoms with van der Waals surface area (Å²) in [5.74, 6) is 1.93. The van der Waals surface area contributed by atoms with E-state index in [0.29, 0.717) is 17.2 Å². The molecule has 1 aliphatic carbocycles. The highest BCUT2D eigenvalue weighted by Gasteiger charge is 2.22. The summed E-state index contributed by atoms with van der Waals surface area (Å²) in [7, 11) is 0. The molecule has 1 fully saturated rings. The van der Waals surface area contributed by atoms with Gasteiger partial charge in [-0.25, -0.2) is 4.79 Å². The normalized spacial score (nSPS) is 18.1. The van der Waals surface area contributed by atoms with Gasteiger partial charge < -0.3 is 4.74 Å². The van der Waals surface area contributed by atoms with Gasteiger partial charge in [0.25, 0.3) is 0 Å². The lowest BCUT2D eigenvalue weighted by molar-refractivity contribution is 0.0734. The second-order valence-corrected chi connectivity index (χ2v) is 10.4. The van der Waals surface area contributed by atoms with E-state index in [0.717, 1.165) is 12.3 Å². The summed E-state index contributed by atoms with van der Waals surface area (Å²) in [6, 6.07) is 16.2. The number of rotatable bonds is 14. The third-order valence-electron chi connectivity index (χ3n) is 7.63. The quantitative estimate of drug-likeness (QED) is 0.159. The van der Waals surface area contributed by atoms with E-state index in [9.17, 15) is 4.79 Å². The van der Waals surface area contributed by atoms with Crippen molar-refractivity contribution in [2.45, 2.75) is 116 Å². The molecule has 2 nitrogen and oxygen atoms in total. The van der Waals surface area contributed by atoms with Gasteiger partial charge in [0.15, 0.2) is 0 Å². The Morgan fingerprint density at radius 1 is 0.735 bits per heavy atom. The highest BCUT2D eigenvalue weighted by molar-refractivity contribution is 5.91. The average Bonchev–Trinajstić information content (AvgIpc) is 2.88. The van der Waals surface area contributed by atoms with Gasteiger partial charge in [0, 0.05) is 0 Å². The van der Waals surface area contributed by atoms with Crippen LogP contribution in [0.15, 0.2) is 48.5 Å². The van der Waals surface area contributed by atoms with Crippen molar-refractivity contribution in [1.29, 1.82) is 0 Å². The maximum atomic E-state index is 12.6. The van der Waals surface area contributed by atoms with Crippen LogP contribution in [0.4, 0.5) is 0 Å². The average molecular weight is 463 g/mol. The molecule has 1 aliphatic rings. The Kier molecular flexibility index (Phi) is 11.7. The van der Waals surface area contributed by atoms with Crippen molar-refractivity contribution < 1.29 is 9.53 Å². The third kappa shape index (κ3) is 8.93. The topological polar surface area (TPSA) is 26.3 Å². The van der Waals surface area contributed by atoms with Crippen LogP contribution in [-0.4, -0.2) is 5.97 Å². The van der Waals surface area contributed by atoms with Crippen LogP contribution in [0.2, 0.25) is 0 Å². The summed E-state index contributed by atoms with van der Waals surface area (Å²) in [6.45, 7) is 4.52. The molecule has 1 saturated carbocycles. The molecule has 0 N–H and O–H groups in total. The number of benzene rings is 2. The molecule has 0 unspecified atom stereocenters. The molecule has 0 heterocycles. The molecule has 0 spiro atoms. The van der Waals surface area contributed by atoms with Crippen molar-refractivity contribution in [3.63, 3.8) is 0 Å². The summed E-state index contributed by atoms with van der Waals surface area (Å²) < 4.78 is 5.62. The summed E-state index contributed by atoms with van der Waals surface area (Å²) in [5.41, 5.74) is 3.32. The molecule has 2 aromatic carbocycles. The van der Waals surface area contributed by atoms with E-state index in [2.05, 4.69) is 38.1 Å². The Labute approximate surface area is 208 Å². The Morgan fingerprint density at radius 3 is 2.00 bits per heavy atom. The van der Waals surface area contributed by atoms with Gasteiger partial charge in [-0.3, -0.25) is 0 Å². The first kappa shape index (κ1) is 26.5. The number of carbonyl (C=O) groups excluding carboxylic acids is 1. The number of esters is 1. The van der Waals surface area contributed by atoms with E-state index in [1.807, 2.05) is 24.3 Å². The van der Waals surface area contributed by atoms with E-state index in [4.69, 9.17) is 4.74 Å². The fourth-order valence-corrected chi connectivity index (χ4v) is 5.36. The maximum absolute atomic E-state index is 12.6. The second-order valence-electron chi connectivity index (χ2n) is 10.4. The number of hydrogen-bond donors (Lipinski definition) is 0. The van der Waals surface area contributed by atoms with Gasteiger partial charge in [0.05, 0.1) is 5.56 Å². The largest absolute Gasteiger partial charge is 0.423 e. The van der Waals surface area contributed by atoms with E-state index in [1.54, 1.807) is 0 Å². The van der Waals surface area contributed by atoms with Crippen molar-refractivity contribution >= 4 is 5.97 Å². The van der Waals surface area contributed by atoms with Crippen molar-refractivity contribution in [3.8, 4) is 5.75 Å². The first-order valence-corrected chi connectivity index (χ1v) is 14.1. The molecule has 186 valence electrons. The van der Waals surface area contributed by atoms with Gasteiger partial charge in [-0.05, 0) is 85.8 Å². The number of aryl methyl sites for hydroxylation is 1. The minimum atomic E-state index is -0.269. The van der Waals surface area contributed by atoms with Crippen LogP contribution in [0.25, 0.3) is 0 Å². The zero-order valence-electron chi connectivity index (χ0n) is 21.7. The number of carbonyl (C=O) groups is 1. The van der Waals surface area contributed by atoms with Crippen molar-refractivity contribution in [1.82, 2.24) is 0 Å². The predicted molar refractivity (Wildman–Crippen MR) is 144 cm³/mol. The molecule has 0 bridgehead atoms. The molecule has 3 rings (SSSR count). The van der Waals surface area contributed by atoms with Crippen molar-refractivity contribution in [2.24, 2.45) is 5.92 Å². The molecule has 0 atom stereocenters. The lowest BCUT2D eigenvalue weighted by Crippen LogP contribution is -2.14. The zero-order chi connectivity index (χ0) is 24.0. The molecular formula is C32H46O2. The summed E-state index contributed by atoms with van der Waals surface area (Å²) in [6.07, 6.45) is 19.8. The minimum absolute atomic E-state index is 0.269. The smallest absolute Gasteiger partial charge is 0.343 e. The van der Waals surface area contributed by atoms with Crippen LogP contribution >= 0.6 is 0 Å². The third-order valence-corrected chi connectivity index (χ3v) is 7.63. The number of ether oxygens (including phenoxy) is 1. The Morgan fingerprint density at radius 2 is 1.35 bits per heavy atom. The highest BCUT2D eigenvalue weighted by Crippen LogP contribution is 2.37. The van der Waals surface area contributed by atoms with Gasteiger partial charge in [-0.2, -0.15) is 0 Å². The minimum Gasteiger partial charge on any atom is -0.423 e.